The molecule has 25 heavy (non-hydrogen) atoms. The van der Waals surface area contributed by atoms with E-state index in [0.29, 0.717) is 0 Å². The van der Waals surface area contributed by atoms with Crippen molar-refractivity contribution >= 4 is 0 Å². The number of hydrogen-bond acceptors (Lipinski definition) is 3. The zero-order valence-electron chi connectivity index (χ0n) is 17.8. The average Bonchev–Trinajstić information content (AvgIpc) is 2.60. The summed E-state index contributed by atoms with van der Waals surface area (Å²) in [5, 5.41) is 6.65. The highest BCUT2D eigenvalue weighted by atomic mass is 15.4. The fourth-order valence-corrected chi connectivity index (χ4v) is 2.20. The molecule has 1 aliphatic rings. The van der Waals surface area contributed by atoms with Crippen molar-refractivity contribution in [2.45, 2.75) is 79.1 Å². The summed E-state index contributed by atoms with van der Waals surface area (Å²) in [6.07, 6.45) is 16.5. The SMILES string of the molecule is C=CC.C=CC.C=CC.CCCCCCCCCCN1CNCNC1. The van der Waals surface area contributed by atoms with Crippen molar-refractivity contribution in [1.29, 1.82) is 0 Å². The van der Waals surface area contributed by atoms with E-state index in [9.17, 15) is 0 Å². The molecular weight excluding hydrogens is 306 g/mol. The Balaban J connectivity index is -0.000000451. The lowest BCUT2D eigenvalue weighted by Crippen LogP contribution is -2.50. The maximum Gasteiger partial charge on any atom is 0.0502 e. The van der Waals surface area contributed by atoms with Crippen LogP contribution in [0, 0.1) is 0 Å². The van der Waals surface area contributed by atoms with Gasteiger partial charge in [-0.05, 0) is 27.2 Å². The highest BCUT2D eigenvalue weighted by Crippen LogP contribution is 2.08. The van der Waals surface area contributed by atoms with E-state index in [1.165, 1.54) is 57.9 Å². The lowest BCUT2D eigenvalue weighted by Gasteiger charge is -2.27. The van der Waals surface area contributed by atoms with Crippen LogP contribution in [0.15, 0.2) is 38.0 Å². The van der Waals surface area contributed by atoms with Gasteiger partial charge in [0.2, 0.25) is 0 Å². The molecule has 0 aromatic carbocycles. The predicted molar refractivity (Wildman–Crippen MR) is 118 cm³/mol. The number of hydrogen-bond donors (Lipinski definition) is 2. The summed E-state index contributed by atoms with van der Waals surface area (Å²) in [6, 6.07) is 0. The quantitative estimate of drug-likeness (QED) is 0.389. The first-order chi connectivity index (χ1) is 12.2. The molecule has 1 heterocycles. The fourth-order valence-electron chi connectivity index (χ4n) is 2.20. The van der Waals surface area contributed by atoms with E-state index in [-0.39, 0.29) is 0 Å². The number of nitrogens with one attached hydrogen (secondary N) is 2. The minimum Gasteiger partial charge on any atom is -0.292 e. The van der Waals surface area contributed by atoms with Crippen LogP contribution in [-0.4, -0.2) is 31.5 Å². The summed E-state index contributed by atoms with van der Waals surface area (Å²) in [6.45, 7) is 22.4. The molecule has 0 unspecified atom stereocenters. The molecule has 1 saturated heterocycles. The second-order valence-electron chi connectivity index (χ2n) is 6.09. The van der Waals surface area contributed by atoms with Gasteiger partial charge in [-0.15, -0.1) is 19.7 Å². The van der Waals surface area contributed by atoms with Crippen LogP contribution < -0.4 is 10.6 Å². The zero-order valence-corrected chi connectivity index (χ0v) is 17.8. The van der Waals surface area contributed by atoms with Gasteiger partial charge >= 0.3 is 0 Å². The summed E-state index contributed by atoms with van der Waals surface area (Å²) in [4.78, 5) is 2.45. The maximum absolute atomic E-state index is 3.36. The van der Waals surface area contributed by atoms with Crippen LogP contribution in [0.25, 0.3) is 0 Å². The summed E-state index contributed by atoms with van der Waals surface area (Å²) in [5.74, 6) is 0. The van der Waals surface area contributed by atoms with E-state index in [4.69, 9.17) is 0 Å². The van der Waals surface area contributed by atoms with E-state index >= 15 is 0 Å². The Bertz CT molecular complexity index is 231. The first-order valence-electron chi connectivity index (χ1n) is 10.0. The van der Waals surface area contributed by atoms with Gasteiger partial charge in [-0.3, -0.25) is 15.5 Å². The molecule has 0 aromatic rings. The van der Waals surface area contributed by atoms with Crippen molar-refractivity contribution in [2.75, 3.05) is 26.6 Å². The Morgan fingerprint density at radius 2 is 1.08 bits per heavy atom. The Labute approximate surface area is 159 Å². The molecule has 0 bridgehead atoms. The summed E-state index contributed by atoms with van der Waals surface area (Å²) in [5.41, 5.74) is 0. The van der Waals surface area contributed by atoms with Crippen molar-refractivity contribution in [3.05, 3.63) is 38.0 Å². The van der Waals surface area contributed by atoms with Crippen LogP contribution in [0.3, 0.4) is 0 Å². The number of nitrogens with zero attached hydrogens (tertiary/aromatic N) is 1. The molecule has 3 nitrogen and oxygen atoms in total. The highest BCUT2D eigenvalue weighted by molar-refractivity contribution is 4.60. The van der Waals surface area contributed by atoms with Crippen molar-refractivity contribution in [3.8, 4) is 0 Å². The van der Waals surface area contributed by atoms with E-state index < -0.39 is 0 Å². The fraction of sp³-hybridized carbons (Fsp3) is 0.727. The molecular formula is C22H47N3. The molecule has 150 valence electrons. The highest BCUT2D eigenvalue weighted by Gasteiger charge is 2.06. The Morgan fingerprint density at radius 3 is 1.48 bits per heavy atom. The van der Waals surface area contributed by atoms with Gasteiger partial charge in [-0.25, -0.2) is 0 Å². The van der Waals surface area contributed by atoms with Gasteiger partial charge in [0.25, 0.3) is 0 Å². The summed E-state index contributed by atoms with van der Waals surface area (Å²) in [7, 11) is 0. The molecule has 2 N–H and O–H groups in total. The lowest BCUT2D eigenvalue weighted by atomic mass is 10.1. The molecule has 0 spiro atoms. The van der Waals surface area contributed by atoms with Gasteiger partial charge in [0.1, 0.15) is 0 Å². The minimum absolute atomic E-state index is 0.966. The molecule has 0 aliphatic carbocycles. The first kappa shape index (κ1) is 28.9. The van der Waals surface area contributed by atoms with Gasteiger partial charge in [-0.2, -0.15) is 0 Å². The number of allylic oxidation sites excluding steroid dienone is 3. The van der Waals surface area contributed by atoms with Gasteiger partial charge in [0.15, 0.2) is 0 Å². The Hall–Kier alpha value is -0.900. The third-order valence-corrected chi connectivity index (χ3v) is 3.25. The van der Waals surface area contributed by atoms with Gasteiger partial charge in [0, 0.05) is 13.2 Å². The third kappa shape index (κ3) is 35.2. The average molecular weight is 354 g/mol. The third-order valence-electron chi connectivity index (χ3n) is 3.25. The minimum atomic E-state index is 0.966. The lowest BCUT2D eigenvalue weighted by molar-refractivity contribution is 0.188. The van der Waals surface area contributed by atoms with Gasteiger partial charge in [-0.1, -0.05) is 70.1 Å². The number of unbranched alkanes of at least 4 members (excludes halogenated alkanes) is 7. The summed E-state index contributed by atoms with van der Waals surface area (Å²) < 4.78 is 0. The molecule has 3 heteroatoms. The van der Waals surface area contributed by atoms with E-state index in [2.05, 4.69) is 42.2 Å². The van der Waals surface area contributed by atoms with Crippen molar-refractivity contribution in [1.82, 2.24) is 15.5 Å². The Kier molecular flexibility index (Phi) is 35.7. The van der Waals surface area contributed by atoms with Gasteiger partial charge in [0.05, 0.1) is 13.3 Å². The van der Waals surface area contributed by atoms with Crippen molar-refractivity contribution < 1.29 is 0 Å². The van der Waals surface area contributed by atoms with E-state index in [1.54, 1.807) is 18.2 Å². The van der Waals surface area contributed by atoms with Crippen LogP contribution in [0.5, 0.6) is 0 Å². The Morgan fingerprint density at radius 1 is 0.720 bits per heavy atom. The largest absolute Gasteiger partial charge is 0.292 e. The van der Waals surface area contributed by atoms with E-state index in [1.807, 2.05) is 20.8 Å². The van der Waals surface area contributed by atoms with E-state index in [0.717, 1.165) is 20.0 Å². The first-order valence-corrected chi connectivity index (χ1v) is 10.0. The molecule has 1 rings (SSSR count). The molecule has 1 fully saturated rings. The molecule has 0 atom stereocenters. The maximum atomic E-state index is 3.36. The standard InChI is InChI=1S/C13H29N3.3C3H6/c1-2-3-4-5-6-7-8-9-10-16-12-14-11-15-13-16;3*1-3-2/h14-15H,2-13H2,1H3;3*3H,1H2,2H3. The second-order valence-corrected chi connectivity index (χ2v) is 6.09. The smallest absolute Gasteiger partial charge is 0.0502 e. The molecule has 0 saturated carbocycles. The van der Waals surface area contributed by atoms with Crippen LogP contribution in [0.4, 0.5) is 0 Å². The summed E-state index contributed by atoms with van der Waals surface area (Å²) >= 11 is 0. The van der Waals surface area contributed by atoms with Crippen LogP contribution >= 0.6 is 0 Å². The number of rotatable bonds is 9. The predicted octanol–water partition coefficient (Wildman–Crippen LogP) is 6.07. The molecule has 0 aromatic heterocycles. The monoisotopic (exact) mass is 353 g/mol. The van der Waals surface area contributed by atoms with Crippen LogP contribution in [0.2, 0.25) is 0 Å². The molecule has 0 radical (unpaired) electrons. The molecule has 1 aliphatic heterocycles. The normalized spacial score (nSPS) is 13.0. The van der Waals surface area contributed by atoms with Crippen LogP contribution in [0.1, 0.15) is 79.1 Å². The second kappa shape index (κ2) is 30.9. The van der Waals surface area contributed by atoms with Gasteiger partial charge < -0.3 is 0 Å². The molecule has 0 amide bonds. The topological polar surface area (TPSA) is 27.3 Å². The van der Waals surface area contributed by atoms with Crippen molar-refractivity contribution in [3.63, 3.8) is 0 Å². The zero-order chi connectivity index (χ0) is 19.6. The van der Waals surface area contributed by atoms with Crippen LogP contribution in [-0.2, 0) is 0 Å². The van der Waals surface area contributed by atoms with Crippen molar-refractivity contribution in [2.24, 2.45) is 0 Å².